The van der Waals surface area contributed by atoms with E-state index in [1.807, 2.05) is 26.0 Å². The zero-order valence-electron chi connectivity index (χ0n) is 18.3. The van der Waals surface area contributed by atoms with Gasteiger partial charge >= 0.3 is 0 Å². The lowest BCUT2D eigenvalue weighted by molar-refractivity contribution is -0.115. The van der Waals surface area contributed by atoms with Crippen molar-refractivity contribution in [3.8, 4) is 16.9 Å². The molecule has 3 rings (SSSR count). The van der Waals surface area contributed by atoms with E-state index in [9.17, 15) is 9.18 Å². The predicted molar refractivity (Wildman–Crippen MR) is 121 cm³/mol. The number of rotatable bonds is 4. The number of carbonyl (C=O) groups excluding carboxylic acids is 1. The molecule has 0 amide bonds. The van der Waals surface area contributed by atoms with Crippen LogP contribution >= 0.6 is 11.8 Å². The lowest BCUT2D eigenvalue weighted by Gasteiger charge is -2.41. The standard InChI is InChI=1S/C25H29FO2S/c1-8-16-13-17(18-10-12-20(26)21(14-18)28-7)9-11-19(16)22-15(2)24(3,4)29-25(5,6)23(22)27/h9-14H,8H2,1-7H3. The van der Waals surface area contributed by atoms with Gasteiger partial charge in [0.25, 0.3) is 0 Å². The molecule has 0 aliphatic carbocycles. The van der Waals surface area contributed by atoms with Crippen molar-refractivity contribution in [2.24, 2.45) is 0 Å². The second-order valence-electron chi connectivity index (χ2n) is 8.53. The van der Waals surface area contributed by atoms with Crippen molar-refractivity contribution in [1.82, 2.24) is 0 Å². The number of hydrogen-bond donors (Lipinski definition) is 0. The molecule has 0 N–H and O–H groups in total. The fourth-order valence-corrected chi connectivity index (χ4v) is 5.73. The van der Waals surface area contributed by atoms with Crippen LogP contribution < -0.4 is 4.74 Å². The molecule has 4 heteroatoms. The first-order valence-electron chi connectivity index (χ1n) is 9.95. The van der Waals surface area contributed by atoms with E-state index in [0.717, 1.165) is 39.8 Å². The molecular weight excluding hydrogens is 383 g/mol. The predicted octanol–water partition coefficient (Wildman–Crippen LogP) is 6.71. The summed E-state index contributed by atoms with van der Waals surface area (Å²) in [4.78, 5) is 13.4. The Hall–Kier alpha value is -2.07. The van der Waals surface area contributed by atoms with Gasteiger partial charge in [0.05, 0.1) is 11.9 Å². The van der Waals surface area contributed by atoms with Crippen molar-refractivity contribution < 1.29 is 13.9 Å². The van der Waals surface area contributed by atoms with Gasteiger partial charge in [0.1, 0.15) is 0 Å². The Kier molecular flexibility index (Phi) is 5.70. The smallest absolute Gasteiger partial charge is 0.178 e. The second kappa shape index (κ2) is 7.64. The Morgan fingerprint density at radius 1 is 1.00 bits per heavy atom. The molecule has 0 unspecified atom stereocenters. The highest BCUT2D eigenvalue weighted by molar-refractivity contribution is 8.03. The van der Waals surface area contributed by atoms with Crippen molar-refractivity contribution in [2.75, 3.05) is 7.11 Å². The molecule has 0 saturated carbocycles. The largest absolute Gasteiger partial charge is 0.494 e. The van der Waals surface area contributed by atoms with Crippen LogP contribution in [0.1, 0.15) is 52.7 Å². The Balaban J connectivity index is 2.16. The minimum atomic E-state index is -0.466. The molecule has 0 fully saturated rings. The van der Waals surface area contributed by atoms with E-state index in [1.165, 1.54) is 13.2 Å². The number of Topliss-reactive ketones (excluding diaryl/α,β-unsaturated/α-hetero) is 1. The first-order valence-corrected chi connectivity index (χ1v) is 10.8. The van der Waals surface area contributed by atoms with Crippen LogP contribution in [-0.2, 0) is 11.2 Å². The number of ketones is 1. The molecule has 0 spiro atoms. The fraction of sp³-hybridized carbons (Fsp3) is 0.400. The van der Waals surface area contributed by atoms with E-state index in [2.05, 4.69) is 33.8 Å². The molecule has 0 bridgehead atoms. The van der Waals surface area contributed by atoms with Crippen LogP contribution in [0.4, 0.5) is 4.39 Å². The number of hydrogen-bond acceptors (Lipinski definition) is 3. The van der Waals surface area contributed by atoms with E-state index >= 15 is 0 Å². The van der Waals surface area contributed by atoms with Crippen LogP contribution in [-0.4, -0.2) is 22.4 Å². The average molecular weight is 413 g/mol. The topological polar surface area (TPSA) is 26.3 Å². The average Bonchev–Trinajstić information content (AvgIpc) is 2.66. The van der Waals surface area contributed by atoms with Crippen molar-refractivity contribution in [3.05, 3.63) is 58.9 Å². The highest BCUT2D eigenvalue weighted by Crippen LogP contribution is 2.51. The number of allylic oxidation sites excluding steroid dienone is 1. The Bertz CT molecular complexity index is 1000. The van der Waals surface area contributed by atoms with Gasteiger partial charge in [-0.15, -0.1) is 11.8 Å². The molecule has 0 atom stereocenters. The number of aryl methyl sites for hydroxylation is 1. The summed E-state index contributed by atoms with van der Waals surface area (Å²) in [7, 11) is 1.47. The van der Waals surface area contributed by atoms with Gasteiger partial charge in [-0.05, 0) is 81.0 Å². The highest BCUT2D eigenvalue weighted by atomic mass is 32.2. The SMILES string of the molecule is CCc1cc(-c2ccc(F)c(OC)c2)ccc1C1=C(C)C(C)(C)SC(C)(C)C1=O. The van der Waals surface area contributed by atoms with Crippen LogP contribution in [0.2, 0.25) is 0 Å². The van der Waals surface area contributed by atoms with E-state index in [0.29, 0.717) is 0 Å². The van der Waals surface area contributed by atoms with Gasteiger partial charge in [0, 0.05) is 10.3 Å². The highest BCUT2D eigenvalue weighted by Gasteiger charge is 2.44. The number of ether oxygens (including phenoxy) is 1. The molecule has 29 heavy (non-hydrogen) atoms. The van der Waals surface area contributed by atoms with Crippen molar-refractivity contribution in [3.63, 3.8) is 0 Å². The Labute approximate surface area is 177 Å². The third kappa shape index (κ3) is 3.87. The van der Waals surface area contributed by atoms with E-state index < -0.39 is 4.75 Å². The van der Waals surface area contributed by atoms with Crippen LogP contribution in [0.3, 0.4) is 0 Å². The third-order valence-corrected chi connectivity index (χ3v) is 7.31. The summed E-state index contributed by atoms with van der Waals surface area (Å²) in [6.45, 7) is 12.6. The first-order chi connectivity index (χ1) is 13.5. The minimum absolute atomic E-state index is 0.110. The molecule has 2 nitrogen and oxygen atoms in total. The van der Waals surface area contributed by atoms with Crippen LogP contribution in [0.25, 0.3) is 16.7 Å². The Morgan fingerprint density at radius 3 is 2.24 bits per heavy atom. The van der Waals surface area contributed by atoms with E-state index in [-0.39, 0.29) is 22.1 Å². The third-order valence-electron chi connectivity index (χ3n) is 5.80. The molecule has 154 valence electrons. The summed E-state index contributed by atoms with van der Waals surface area (Å²) < 4.78 is 18.3. The summed E-state index contributed by atoms with van der Waals surface area (Å²) in [5.41, 5.74) is 5.97. The van der Waals surface area contributed by atoms with Crippen LogP contribution in [0.15, 0.2) is 42.0 Å². The van der Waals surface area contributed by atoms with Gasteiger partial charge in [-0.2, -0.15) is 0 Å². The number of halogens is 1. The van der Waals surface area contributed by atoms with Gasteiger partial charge in [-0.25, -0.2) is 4.39 Å². The van der Waals surface area contributed by atoms with Crippen molar-refractivity contribution in [2.45, 2.75) is 57.5 Å². The normalized spacial score (nSPS) is 18.1. The molecular formula is C25H29FO2S. The lowest BCUT2D eigenvalue weighted by atomic mass is 9.82. The summed E-state index contributed by atoms with van der Waals surface area (Å²) >= 11 is 1.72. The van der Waals surface area contributed by atoms with Gasteiger partial charge in [-0.1, -0.05) is 31.2 Å². The van der Waals surface area contributed by atoms with Crippen LogP contribution in [0, 0.1) is 5.82 Å². The van der Waals surface area contributed by atoms with Gasteiger partial charge in [0.2, 0.25) is 0 Å². The maximum atomic E-state index is 13.8. The minimum Gasteiger partial charge on any atom is -0.494 e. The van der Waals surface area contributed by atoms with Crippen molar-refractivity contribution in [1.29, 1.82) is 0 Å². The summed E-state index contributed by atoms with van der Waals surface area (Å²) in [6, 6.07) is 11.1. The maximum Gasteiger partial charge on any atom is 0.178 e. The second-order valence-corrected chi connectivity index (χ2v) is 10.8. The van der Waals surface area contributed by atoms with Gasteiger partial charge < -0.3 is 4.74 Å². The molecule has 0 saturated heterocycles. The number of thioether (sulfide) groups is 1. The summed E-state index contributed by atoms with van der Waals surface area (Å²) in [6.07, 6.45) is 0.805. The quantitative estimate of drug-likeness (QED) is 0.558. The summed E-state index contributed by atoms with van der Waals surface area (Å²) in [5, 5.41) is 0. The molecule has 1 aliphatic heterocycles. The first kappa shape index (κ1) is 21.6. The number of methoxy groups -OCH3 is 1. The van der Waals surface area contributed by atoms with Gasteiger partial charge in [-0.3, -0.25) is 4.79 Å². The zero-order chi connectivity index (χ0) is 21.6. The molecule has 2 aromatic rings. The van der Waals surface area contributed by atoms with Crippen molar-refractivity contribution >= 4 is 23.1 Å². The molecule has 0 radical (unpaired) electrons. The number of benzene rings is 2. The lowest BCUT2D eigenvalue weighted by Crippen LogP contribution is -2.41. The Morgan fingerprint density at radius 2 is 1.62 bits per heavy atom. The maximum absolute atomic E-state index is 13.8. The van der Waals surface area contributed by atoms with E-state index in [1.54, 1.807) is 23.9 Å². The van der Waals surface area contributed by atoms with E-state index in [4.69, 9.17) is 4.74 Å². The summed E-state index contributed by atoms with van der Waals surface area (Å²) in [5.74, 6) is 0.0375. The monoisotopic (exact) mass is 412 g/mol. The van der Waals surface area contributed by atoms with Crippen LogP contribution in [0.5, 0.6) is 5.75 Å². The number of carbonyl (C=O) groups is 1. The molecule has 1 heterocycles. The molecule has 1 aliphatic rings. The zero-order valence-corrected chi connectivity index (χ0v) is 19.1. The molecule has 2 aromatic carbocycles. The van der Waals surface area contributed by atoms with Gasteiger partial charge in [0.15, 0.2) is 17.3 Å². The fourth-order valence-electron chi connectivity index (χ4n) is 4.01. The molecule has 0 aromatic heterocycles.